The van der Waals surface area contributed by atoms with Gasteiger partial charge < -0.3 is 19.9 Å². The molecule has 5 heterocycles. The van der Waals surface area contributed by atoms with Gasteiger partial charge in [-0.05, 0) is 38.7 Å². The first-order valence-electron chi connectivity index (χ1n) is 10.4. The highest BCUT2D eigenvalue weighted by Gasteiger charge is 2.48. The van der Waals surface area contributed by atoms with Gasteiger partial charge in [-0.3, -0.25) is 0 Å². The van der Waals surface area contributed by atoms with Crippen molar-refractivity contribution in [3.05, 3.63) is 32.7 Å². The molecule has 2 fully saturated rings. The van der Waals surface area contributed by atoms with E-state index < -0.39 is 11.7 Å². The van der Waals surface area contributed by atoms with Gasteiger partial charge in [-0.1, -0.05) is 16.8 Å². The van der Waals surface area contributed by atoms with Crippen LogP contribution in [-0.4, -0.2) is 45.5 Å². The number of piperidine rings is 1. The number of ether oxygens (including phenoxy) is 2. The lowest BCUT2D eigenvalue weighted by Gasteiger charge is -2.46. The molecule has 2 saturated heterocycles. The Morgan fingerprint density at radius 3 is 3.14 bits per heavy atom. The molecule has 9 heteroatoms. The Morgan fingerprint density at radius 2 is 2.31 bits per heavy atom. The molecule has 5 atom stereocenters. The predicted octanol–water partition coefficient (Wildman–Crippen LogP) is 3.33. The number of fused-ring (bicyclic) bond motifs is 2. The number of thiophene rings is 1. The smallest absolute Gasteiger partial charge is 0.106 e. The minimum absolute atomic E-state index is 0.0312. The number of aliphatic hydroxyl groups is 1. The molecule has 0 saturated carbocycles. The topological polar surface area (TPSA) is 81.4 Å². The summed E-state index contributed by atoms with van der Waals surface area (Å²) in [5.74, 6) is 0. The van der Waals surface area contributed by atoms with Crippen LogP contribution in [0.15, 0.2) is 12.3 Å². The molecule has 2 aromatic rings. The second-order valence-electron chi connectivity index (χ2n) is 8.54. The summed E-state index contributed by atoms with van der Waals surface area (Å²) in [4.78, 5) is 1.06. The first-order chi connectivity index (χ1) is 14.0. The lowest BCUT2D eigenvalue weighted by molar-refractivity contribution is -0.129. The Kier molecular flexibility index (Phi) is 5.43. The Hall–Kier alpha value is -1.03. The summed E-state index contributed by atoms with van der Waals surface area (Å²) in [6.45, 7) is 4.04. The van der Waals surface area contributed by atoms with Crippen molar-refractivity contribution in [3.63, 3.8) is 0 Å². The van der Waals surface area contributed by atoms with E-state index in [9.17, 15) is 5.11 Å². The average molecular weight is 439 g/mol. The van der Waals surface area contributed by atoms with Gasteiger partial charge in [0, 0.05) is 29.5 Å². The highest BCUT2D eigenvalue weighted by molar-refractivity contribution is 7.16. The van der Waals surface area contributed by atoms with Gasteiger partial charge in [0.15, 0.2) is 0 Å². The maximum atomic E-state index is 10.4. The van der Waals surface area contributed by atoms with E-state index in [2.05, 4.69) is 22.6 Å². The Morgan fingerprint density at radius 1 is 1.41 bits per heavy atom. The number of nitrogens with zero attached hydrogens (tertiary/aromatic N) is 3. The quantitative estimate of drug-likeness (QED) is 0.764. The molecule has 0 radical (unpaired) electrons. The van der Waals surface area contributed by atoms with Crippen molar-refractivity contribution in [1.82, 2.24) is 20.3 Å². The Labute approximate surface area is 179 Å². The number of hydrogen-bond donors (Lipinski definition) is 2. The van der Waals surface area contributed by atoms with Crippen LogP contribution in [0.25, 0.3) is 0 Å². The van der Waals surface area contributed by atoms with Crippen LogP contribution in [0.1, 0.15) is 67.3 Å². The first-order valence-corrected chi connectivity index (χ1v) is 11.6. The van der Waals surface area contributed by atoms with Crippen LogP contribution in [0.3, 0.4) is 0 Å². The van der Waals surface area contributed by atoms with Crippen molar-refractivity contribution >= 4 is 22.9 Å². The maximum absolute atomic E-state index is 10.4. The Bertz CT molecular complexity index is 868. The standard InChI is InChI=1S/C20H27ClN4O3S/c1-12-7-20(19-14(6-18(21)29-19)17(26)11-28-20)8-15(22-12)16-10-25(24-23-16)9-13-4-2-3-5-27-13/h6,10,12-13,15,17,22,26H,2-5,7-9,11H2,1H3/t12-,13?,15-,17+,20-/m0/s1. The summed E-state index contributed by atoms with van der Waals surface area (Å²) >= 11 is 7.82. The molecule has 1 unspecified atom stereocenters. The van der Waals surface area contributed by atoms with E-state index in [4.69, 9.17) is 21.1 Å². The molecule has 29 heavy (non-hydrogen) atoms. The van der Waals surface area contributed by atoms with E-state index in [-0.39, 0.29) is 18.2 Å². The van der Waals surface area contributed by atoms with Crippen molar-refractivity contribution in [2.24, 2.45) is 0 Å². The normalized spacial score (nSPS) is 35.0. The van der Waals surface area contributed by atoms with Crippen LogP contribution in [-0.2, 0) is 21.6 Å². The summed E-state index contributed by atoms with van der Waals surface area (Å²) in [6, 6.07) is 2.16. The molecule has 0 bridgehead atoms. The third kappa shape index (κ3) is 3.86. The van der Waals surface area contributed by atoms with Gasteiger partial charge in [0.05, 0.1) is 41.5 Å². The zero-order chi connectivity index (χ0) is 20.0. The molecular formula is C20H27ClN4O3S. The SMILES string of the molecule is C[C@H]1C[C@@]2(C[C@@H](c3cn(CC4CCCCO4)nn3)N1)OC[C@@H](O)c1cc(Cl)sc12. The van der Waals surface area contributed by atoms with Gasteiger partial charge in [-0.25, -0.2) is 4.68 Å². The zero-order valence-corrected chi connectivity index (χ0v) is 18.1. The van der Waals surface area contributed by atoms with Crippen LogP contribution >= 0.6 is 22.9 Å². The third-order valence-corrected chi connectivity index (χ3v) is 7.72. The lowest BCUT2D eigenvalue weighted by Crippen LogP contribution is -2.50. The number of halogens is 1. The molecule has 158 valence electrons. The van der Waals surface area contributed by atoms with Crippen molar-refractivity contribution < 1.29 is 14.6 Å². The van der Waals surface area contributed by atoms with Crippen LogP contribution < -0.4 is 5.32 Å². The van der Waals surface area contributed by atoms with E-state index in [0.29, 0.717) is 10.9 Å². The molecule has 1 spiro atoms. The van der Waals surface area contributed by atoms with Crippen LogP contribution in [0.5, 0.6) is 0 Å². The van der Waals surface area contributed by atoms with Gasteiger partial charge in [0.1, 0.15) is 11.7 Å². The molecular weight excluding hydrogens is 412 g/mol. The van der Waals surface area contributed by atoms with Crippen LogP contribution in [0.4, 0.5) is 0 Å². The summed E-state index contributed by atoms with van der Waals surface area (Å²) in [7, 11) is 0. The molecule has 0 aromatic carbocycles. The largest absolute Gasteiger partial charge is 0.386 e. The summed E-state index contributed by atoms with van der Waals surface area (Å²) in [5, 5.41) is 22.8. The Balaban J connectivity index is 1.38. The van der Waals surface area contributed by atoms with Gasteiger partial charge in [0.2, 0.25) is 0 Å². The molecule has 0 aliphatic carbocycles. The van der Waals surface area contributed by atoms with Crippen molar-refractivity contribution in [2.45, 2.75) is 75.5 Å². The zero-order valence-electron chi connectivity index (χ0n) is 16.5. The fourth-order valence-electron chi connectivity index (χ4n) is 4.96. The number of aliphatic hydroxyl groups excluding tert-OH is 1. The van der Waals surface area contributed by atoms with Crippen molar-refractivity contribution in [2.75, 3.05) is 13.2 Å². The molecule has 0 amide bonds. The average Bonchev–Trinajstić information content (AvgIpc) is 3.33. The summed E-state index contributed by atoms with van der Waals surface area (Å²) < 4.78 is 14.7. The van der Waals surface area contributed by atoms with E-state index in [1.54, 1.807) is 0 Å². The van der Waals surface area contributed by atoms with E-state index in [1.807, 2.05) is 16.9 Å². The fourth-order valence-corrected chi connectivity index (χ4v) is 6.41. The van der Waals surface area contributed by atoms with Crippen molar-refractivity contribution in [1.29, 1.82) is 0 Å². The highest BCUT2D eigenvalue weighted by atomic mass is 35.5. The minimum Gasteiger partial charge on any atom is -0.386 e. The molecule has 3 aliphatic rings. The third-order valence-electron chi connectivity index (χ3n) is 6.25. The lowest BCUT2D eigenvalue weighted by atomic mass is 9.79. The van der Waals surface area contributed by atoms with Gasteiger partial charge >= 0.3 is 0 Å². The van der Waals surface area contributed by atoms with Gasteiger partial charge in [-0.2, -0.15) is 0 Å². The second kappa shape index (κ2) is 7.90. The summed E-state index contributed by atoms with van der Waals surface area (Å²) in [6.07, 6.45) is 6.66. The number of hydrogen-bond acceptors (Lipinski definition) is 7. The molecule has 2 aromatic heterocycles. The fraction of sp³-hybridized carbons (Fsp3) is 0.700. The minimum atomic E-state index is -0.612. The number of aromatic nitrogens is 3. The van der Waals surface area contributed by atoms with Gasteiger partial charge in [-0.15, -0.1) is 16.4 Å². The molecule has 3 aliphatic heterocycles. The van der Waals surface area contributed by atoms with Gasteiger partial charge in [0.25, 0.3) is 0 Å². The molecule has 2 N–H and O–H groups in total. The second-order valence-corrected chi connectivity index (χ2v) is 10.2. The summed E-state index contributed by atoms with van der Waals surface area (Å²) in [5.41, 5.74) is 1.39. The molecule has 7 nitrogen and oxygen atoms in total. The van der Waals surface area contributed by atoms with E-state index in [0.717, 1.165) is 55.0 Å². The van der Waals surface area contributed by atoms with E-state index in [1.165, 1.54) is 17.8 Å². The van der Waals surface area contributed by atoms with Crippen molar-refractivity contribution in [3.8, 4) is 0 Å². The highest BCUT2D eigenvalue weighted by Crippen LogP contribution is 2.51. The number of rotatable bonds is 3. The number of nitrogens with one attached hydrogen (secondary N) is 1. The van der Waals surface area contributed by atoms with E-state index >= 15 is 0 Å². The first kappa shape index (κ1) is 19.9. The maximum Gasteiger partial charge on any atom is 0.106 e. The predicted molar refractivity (Wildman–Crippen MR) is 110 cm³/mol. The molecule has 5 rings (SSSR count). The van der Waals surface area contributed by atoms with Crippen LogP contribution in [0.2, 0.25) is 4.34 Å². The monoisotopic (exact) mass is 438 g/mol. The van der Waals surface area contributed by atoms with Crippen LogP contribution in [0, 0.1) is 0 Å².